The van der Waals surface area contributed by atoms with Gasteiger partial charge in [-0.05, 0) is 12.1 Å². The maximum absolute atomic E-state index is 12.0. The van der Waals surface area contributed by atoms with Gasteiger partial charge >= 0.3 is 12.1 Å². The Morgan fingerprint density at radius 3 is 2.65 bits per heavy atom. The van der Waals surface area contributed by atoms with Crippen LogP contribution in [0.2, 0.25) is 0 Å². The number of rotatable bonds is 2. The van der Waals surface area contributed by atoms with Crippen LogP contribution in [-0.2, 0) is 0 Å². The Hall–Kier alpha value is -2.18. The molecular weight excluding hydrogens is 239 g/mol. The number of ether oxygens (including phenoxy) is 1. The summed E-state index contributed by atoms with van der Waals surface area (Å²) in [6.07, 6.45) is -3.49. The molecule has 2 rings (SSSR count). The summed E-state index contributed by atoms with van der Waals surface area (Å²) >= 11 is 0. The van der Waals surface area contributed by atoms with Crippen LogP contribution in [0.4, 0.5) is 13.2 Å². The summed E-state index contributed by atoms with van der Waals surface area (Å²) < 4.78 is 44.4. The second kappa shape index (κ2) is 4.00. The highest BCUT2D eigenvalue weighted by atomic mass is 19.4. The quantitative estimate of drug-likeness (QED) is 0.884. The van der Waals surface area contributed by atoms with Gasteiger partial charge in [-0.1, -0.05) is 12.1 Å². The third kappa shape index (κ3) is 2.90. The van der Waals surface area contributed by atoms with Crippen molar-refractivity contribution in [1.29, 1.82) is 0 Å². The van der Waals surface area contributed by atoms with Crippen molar-refractivity contribution in [1.82, 2.24) is 4.98 Å². The number of alkyl halides is 3. The number of oxazole rings is 1. The summed E-state index contributed by atoms with van der Waals surface area (Å²) in [6, 6.07) is 5.14. The first-order valence-corrected chi connectivity index (χ1v) is 4.49. The number of aromatic amines is 1. The van der Waals surface area contributed by atoms with Gasteiger partial charge in [0.25, 0.3) is 0 Å². The molecule has 17 heavy (non-hydrogen) atoms. The lowest BCUT2D eigenvalue weighted by molar-refractivity contribution is -0.274. The Labute approximate surface area is 92.6 Å². The molecule has 0 aliphatic rings. The van der Waals surface area contributed by atoms with Crippen molar-refractivity contribution in [2.75, 3.05) is 0 Å². The predicted molar refractivity (Wildman–Crippen MR) is 51.4 cm³/mol. The Bertz CT molecular complexity index is 570. The highest BCUT2D eigenvalue weighted by Gasteiger charge is 2.31. The molecule has 0 saturated heterocycles. The number of hydrogen-bond donors (Lipinski definition) is 1. The molecule has 0 unspecified atom stereocenters. The molecule has 0 saturated carbocycles. The average molecular weight is 245 g/mol. The highest BCUT2D eigenvalue weighted by Crippen LogP contribution is 2.27. The molecule has 0 atom stereocenters. The molecule has 0 radical (unpaired) electrons. The van der Waals surface area contributed by atoms with E-state index in [1.807, 2.05) is 0 Å². The zero-order valence-electron chi connectivity index (χ0n) is 8.25. The van der Waals surface area contributed by atoms with E-state index < -0.39 is 12.1 Å². The SMILES string of the molecule is O=c1[nH]cc(-c2cccc(OC(F)(F)F)c2)o1. The van der Waals surface area contributed by atoms with Crippen LogP contribution in [0, 0.1) is 0 Å². The van der Waals surface area contributed by atoms with Crippen molar-refractivity contribution in [3.63, 3.8) is 0 Å². The fourth-order valence-electron chi connectivity index (χ4n) is 1.27. The Morgan fingerprint density at radius 1 is 1.29 bits per heavy atom. The molecule has 0 amide bonds. The maximum Gasteiger partial charge on any atom is 0.573 e. The fraction of sp³-hybridized carbons (Fsp3) is 0.100. The molecule has 0 aliphatic heterocycles. The molecule has 0 aliphatic carbocycles. The molecule has 90 valence electrons. The Morgan fingerprint density at radius 2 is 2.06 bits per heavy atom. The number of H-pyrrole nitrogens is 1. The molecule has 0 fully saturated rings. The van der Waals surface area contributed by atoms with Gasteiger partial charge < -0.3 is 9.15 Å². The predicted octanol–water partition coefficient (Wildman–Crippen LogP) is 2.53. The summed E-state index contributed by atoms with van der Waals surface area (Å²) in [5, 5.41) is 0. The van der Waals surface area contributed by atoms with Crippen molar-refractivity contribution in [2.45, 2.75) is 6.36 Å². The smallest absolute Gasteiger partial charge is 0.408 e. The molecule has 1 aromatic carbocycles. The molecule has 1 N–H and O–H groups in total. The lowest BCUT2D eigenvalue weighted by Gasteiger charge is -2.08. The number of hydrogen-bond acceptors (Lipinski definition) is 3. The van der Waals surface area contributed by atoms with Gasteiger partial charge in [-0.3, -0.25) is 4.98 Å². The van der Waals surface area contributed by atoms with E-state index in [1.165, 1.54) is 18.3 Å². The monoisotopic (exact) mass is 245 g/mol. The van der Waals surface area contributed by atoms with E-state index in [9.17, 15) is 18.0 Å². The molecule has 1 aromatic heterocycles. The highest BCUT2D eigenvalue weighted by molar-refractivity contribution is 5.58. The number of halogens is 3. The van der Waals surface area contributed by atoms with Crippen molar-refractivity contribution < 1.29 is 22.3 Å². The topological polar surface area (TPSA) is 55.2 Å². The van der Waals surface area contributed by atoms with Crippen LogP contribution in [0.3, 0.4) is 0 Å². The van der Waals surface area contributed by atoms with Crippen LogP contribution in [-0.4, -0.2) is 11.3 Å². The minimum Gasteiger partial charge on any atom is -0.408 e. The molecular formula is C10H6F3NO3. The van der Waals surface area contributed by atoms with Crippen molar-refractivity contribution in [3.8, 4) is 17.1 Å². The second-order valence-corrected chi connectivity index (χ2v) is 3.12. The fourth-order valence-corrected chi connectivity index (χ4v) is 1.27. The molecule has 0 bridgehead atoms. The summed E-state index contributed by atoms with van der Waals surface area (Å²) in [4.78, 5) is 13.0. The average Bonchev–Trinajstić information content (AvgIpc) is 2.63. The zero-order valence-corrected chi connectivity index (χ0v) is 8.25. The van der Waals surface area contributed by atoms with Crippen molar-refractivity contribution in [3.05, 3.63) is 41.0 Å². The maximum atomic E-state index is 12.0. The van der Waals surface area contributed by atoms with Gasteiger partial charge in [0.1, 0.15) is 5.75 Å². The van der Waals surface area contributed by atoms with Crippen LogP contribution >= 0.6 is 0 Å². The van der Waals surface area contributed by atoms with Gasteiger partial charge in [0.05, 0.1) is 6.20 Å². The standard InChI is InChI=1S/C10H6F3NO3/c11-10(12,13)17-7-3-1-2-6(4-7)8-5-14-9(15)16-8/h1-5H,(H,14,15). The summed E-state index contributed by atoms with van der Waals surface area (Å²) in [5.41, 5.74) is 0.310. The third-order valence-corrected chi connectivity index (χ3v) is 1.88. The Balaban J connectivity index is 2.32. The van der Waals surface area contributed by atoms with Crippen molar-refractivity contribution >= 4 is 0 Å². The normalized spacial score (nSPS) is 11.5. The Kier molecular flexibility index (Phi) is 2.66. The van der Waals surface area contributed by atoms with E-state index in [0.29, 0.717) is 5.56 Å². The molecule has 1 heterocycles. The van der Waals surface area contributed by atoms with Crippen LogP contribution in [0.5, 0.6) is 5.75 Å². The number of nitrogens with one attached hydrogen (secondary N) is 1. The largest absolute Gasteiger partial charge is 0.573 e. The molecule has 2 aromatic rings. The summed E-state index contributed by atoms with van der Waals surface area (Å²) in [5.74, 6) is -0.913. The first-order chi connectivity index (χ1) is 7.94. The van der Waals surface area contributed by atoms with Gasteiger partial charge in [-0.15, -0.1) is 13.2 Å². The minimum atomic E-state index is -4.75. The first kappa shape index (κ1) is 11.3. The van der Waals surface area contributed by atoms with Crippen LogP contribution in [0.15, 0.2) is 39.7 Å². The van der Waals surface area contributed by atoms with E-state index in [0.717, 1.165) is 12.1 Å². The number of benzene rings is 1. The van der Waals surface area contributed by atoms with Gasteiger partial charge in [0.2, 0.25) is 0 Å². The zero-order chi connectivity index (χ0) is 12.5. The van der Waals surface area contributed by atoms with Crippen LogP contribution in [0.25, 0.3) is 11.3 Å². The third-order valence-electron chi connectivity index (χ3n) is 1.88. The van der Waals surface area contributed by atoms with Crippen molar-refractivity contribution in [2.24, 2.45) is 0 Å². The summed E-state index contributed by atoms with van der Waals surface area (Å²) in [6.45, 7) is 0. The molecule has 0 spiro atoms. The van der Waals surface area contributed by atoms with Crippen LogP contribution < -0.4 is 10.5 Å². The lowest BCUT2D eigenvalue weighted by atomic mass is 10.2. The van der Waals surface area contributed by atoms with E-state index in [-0.39, 0.29) is 11.5 Å². The van der Waals surface area contributed by atoms with Gasteiger partial charge in [0, 0.05) is 5.56 Å². The van der Waals surface area contributed by atoms with Gasteiger partial charge in [-0.25, -0.2) is 4.79 Å². The van der Waals surface area contributed by atoms with Crippen LogP contribution in [0.1, 0.15) is 0 Å². The minimum absolute atomic E-state index is 0.141. The van der Waals surface area contributed by atoms with E-state index in [4.69, 9.17) is 4.42 Å². The molecule has 4 nitrogen and oxygen atoms in total. The second-order valence-electron chi connectivity index (χ2n) is 3.12. The van der Waals surface area contributed by atoms with Gasteiger partial charge in [0.15, 0.2) is 5.76 Å². The van der Waals surface area contributed by atoms with E-state index >= 15 is 0 Å². The lowest BCUT2D eigenvalue weighted by Crippen LogP contribution is -2.17. The van der Waals surface area contributed by atoms with E-state index in [1.54, 1.807) is 0 Å². The number of aromatic nitrogens is 1. The summed E-state index contributed by atoms with van der Waals surface area (Å²) in [7, 11) is 0. The van der Waals surface area contributed by atoms with Gasteiger partial charge in [-0.2, -0.15) is 0 Å². The first-order valence-electron chi connectivity index (χ1n) is 4.49. The molecule has 7 heteroatoms. The van der Waals surface area contributed by atoms with E-state index in [2.05, 4.69) is 9.72 Å².